The number of benzene rings is 3. The molecule has 0 bridgehead atoms. The van der Waals surface area contributed by atoms with Crippen LogP contribution in [0.3, 0.4) is 0 Å². The van der Waals surface area contributed by atoms with Gasteiger partial charge in [-0.05, 0) is 36.4 Å². The summed E-state index contributed by atoms with van der Waals surface area (Å²) >= 11 is 0. The molecule has 0 aliphatic heterocycles. The molecule has 0 spiro atoms. The first-order valence-electron chi connectivity index (χ1n) is 10.5. The fourth-order valence-electron chi connectivity index (χ4n) is 3.07. The van der Waals surface area contributed by atoms with Crippen LogP contribution in [0.5, 0.6) is 0 Å². The minimum absolute atomic E-state index is 0.187. The average molecular weight is 464 g/mol. The number of hydrogen-bond donors (Lipinski definition) is 2. The zero-order valence-corrected chi connectivity index (χ0v) is 18.2. The molecule has 3 aromatic rings. The summed E-state index contributed by atoms with van der Waals surface area (Å²) in [6.45, 7) is -1.32. The summed E-state index contributed by atoms with van der Waals surface area (Å²) in [5.41, 5.74) is 0.660. The van der Waals surface area contributed by atoms with Crippen LogP contribution in [0.15, 0.2) is 91.0 Å². The molecule has 3 rings (SSSR count). The molecule has 34 heavy (non-hydrogen) atoms. The maximum absolute atomic E-state index is 12.6. The van der Waals surface area contributed by atoms with Crippen molar-refractivity contribution in [1.29, 1.82) is 0 Å². The Morgan fingerprint density at radius 2 is 1.06 bits per heavy atom. The van der Waals surface area contributed by atoms with Crippen LogP contribution in [-0.4, -0.2) is 59.6 Å². The maximum atomic E-state index is 12.6. The SMILES string of the molecule is O=C(OC[C@@H](O)[C@@H](OC(=O)c1ccccc1)[C@@H](CO)OC(=O)c1ccccc1)c1ccccc1. The van der Waals surface area contributed by atoms with E-state index in [0.717, 1.165) is 0 Å². The number of aliphatic hydroxyl groups is 2. The van der Waals surface area contributed by atoms with E-state index in [1.807, 2.05) is 0 Å². The zero-order valence-electron chi connectivity index (χ0n) is 18.2. The summed E-state index contributed by atoms with van der Waals surface area (Å²) in [6, 6.07) is 24.1. The van der Waals surface area contributed by atoms with Crippen molar-refractivity contribution in [2.75, 3.05) is 13.2 Å². The van der Waals surface area contributed by atoms with E-state index in [9.17, 15) is 24.6 Å². The molecule has 0 saturated heterocycles. The molecular weight excluding hydrogens is 440 g/mol. The topological polar surface area (TPSA) is 119 Å². The van der Waals surface area contributed by atoms with Gasteiger partial charge in [-0.2, -0.15) is 0 Å². The molecule has 3 atom stereocenters. The standard InChI is InChI=1S/C26H24O8/c27-16-22(33-25(30)19-12-6-2-7-13-19)23(34-26(31)20-14-8-3-9-15-20)21(28)17-32-24(29)18-10-4-1-5-11-18/h1-15,21-23,27-28H,16-17H2/t21-,22-,23-/m1/s1. The first kappa shape index (κ1) is 24.6. The molecule has 2 N–H and O–H groups in total. The lowest BCUT2D eigenvalue weighted by molar-refractivity contribution is -0.106. The van der Waals surface area contributed by atoms with Crippen LogP contribution in [0.25, 0.3) is 0 Å². The molecule has 0 fully saturated rings. The Balaban J connectivity index is 1.76. The Kier molecular flexibility index (Phi) is 8.90. The summed E-state index contributed by atoms with van der Waals surface area (Å²) in [7, 11) is 0. The highest BCUT2D eigenvalue weighted by Gasteiger charge is 2.36. The lowest BCUT2D eigenvalue weighted by atomic mass is 10.1. The quantitative estimate of drug-likeness (QED) is 0.347. The fraction of sp³-hybridized carbons (Fsp3) is 0.192. The predicted molar refractivity (Wildman–Crippen MR) is 121 cm³/mol. The van der Waals surface area contributed by atoms with E-state index in [-0.39, 0.29) is 16.7 Å². The normalized spacial score (nSPS) is 13.2. The van der Waals surface area contributed by atoms with Gasteiger partial charge in [-0.15, -0.1) is 0 Å². The van der Waals surface area contributed by atoms with Crippen LogP contribution in [0.2, 0.25) is 0 Å². The van der Waals surface area contributed by atoms with Crippen LogP contribution in [0, 0.1) is 0 Å². The van der Waals surface area contributed by atoms with E-state index in [4.69, 9.17) is 14.2 Å². The van der Waals surface area contributed by atoms with Crippen molar-refractivity contribution in [3.63, 3.8) is 0 Å². The molecule has 0 heterocycles. The van der Waals surface area contributed by atoms with Gasteiger partial charge in [-0.25, -0.2) is 14.4 Å². The number of ether oxygens (including phenoxy) is 3. The van der Waals surface area contributed by atoms with Gasteiger partial charge in [0.25, 0.3) is 0 Å². The molecule has 0 amide bonds. The van der Waals surface area contributed by atoms with Crippen molar-refractivity contribution < 1.29 is 38.8 Å². The monoisotopic (exact) mass is 464 g/mol. The van der Waals surface area contributed by atoms with Crippen molar-refractivity contribution in [3.05, 3.63) is 108 Å². The number of carbonyl (C=O) groups excluding carboxylic acids is 3. The number of carbonyl (C=O) groups is 3. The van der Waals surface area contributed by atoms with Crippen molar-refractivity contribution in [2.45, 2.75) is 18.3 Å². The summed E-state index contributed by atoms with van der Waals surface area (Å²) in [4.78, 5) is 37.4. The second-order valence-corrected chi connectivity index (χ2v) is 7.26. The van der Waals surface area contributed by atoms with Crippen LogP contribution in [0.4, 0.5) is 0 Å². The molecule has 0 aliphatic carbocycles. The van der Waals surface area contributed by atoms with Crippen molar-refractivity contribution >= 4 is 17.9 Å². The van der Waals surface area contributed by atoms with Gasteiger partial charge in [0.2, 0.25) is 0 Å². The molecular formula is C26H24O8. The Morgan fingerprint density at radius 1 is 0.647 bits per heavy atom. The number of aliphatic hydroxyl groups excluding tert-OH is 2. The Hall–Kier alpha value is -4.01. The van der Waals surface area contributed by atoms with Gasteiger partial charge in [0.15, 0.2) is 12.2 Å². The van der Waals surface area contributed by atoms with Gasteiger partial charge in [0, 0.05) is 0 Å². The lowest BCUT2D eigenvalue weighted by Gasteiger charge is -2.29. The Labute approximate surface area is 196 Å². The third-order valence-electron chi connectivity index (χ3n) is 4.84. The molecule has 8 heteroatoms. The third kappa shape index (κ3) is 6.74. The molecule has 0 unspecified atom stereocenters. The van der Waals surface area contributed by atoms with Crippen molar-refractivity contribution in [3.8, 4) is 0 Å². The Bertz CT molecular complexity index is 1070. The van der Waals surface area contributed by atoms with E-state index in [2.05, 4.69) is 0 Å². The number of hydrogen-bond acceptors (Lipinski definition) is 8. The third-order valence-corrected chi connectivity index (χ3v) is 4.84. The van der Waals surface area contributed by atoms with Gasteiger partial charge in [-0.3, -0.25) is 0 Å². The van der Waals surface area contributed by atoms with Crippen LogP contribution >= 0.6 is 0 Å². The van der Waals surface area contributed by atoms with E-state index in [1.54, 1.807) is 66.7 Å². The van der Waals surface area contributed by atoms with Crippen molar-refractivity contribution in [2.24, 2.45) is 0 Å². The summed E-state index contributed by atoms with van der Waals surface area (Å²) in [5.74, 6) is -2.29. The zero-order chi connectivity index (χ0) is 24.3. The van der Waals surface area contributed by atoms with Crippen LogP contribution < -0.4 is 0 Å². The Morgan fingerprint density at radius 3 is 1.50 bits per heavy atom. The smallest absolute Gasteiger partial charge is 0.338 e. The van der Waals surface area contributed by atoms with Gasteiger partial charge in [0.05, 0.1) is 23.3 Å². The maximum Gasteiger partial charge on any atom is 0.338 e. The van der Waals surface area contributed by atoms with E-state index >= 15 is 0 Å². The van der Waals surface area contributed by atoms with E-state index < -0.39 is 49.4 Å². The van der Waals surface area contributed by atoms with Gasteiger partial charge in [-0.1, -0.05) is 54.6 Å². The van der Waals surface area contributed by atoms with Crippen molar-refractivity contribution in [1.82, 2.24) is 0 Å². The highest BCUT2D eigenvalue weighted by atomic mass is 16.6. The number of rotatable bonds is 10. The van der Waals surface area contributed by atoms with Gasteiger partial charge >= 0.3 is 17.9 Å². The second kappa shape index (κ2) is 12.3. The summed E-state index contributed by atoms with van der Waals surface area (Å²) in [6.07, 6.45) is -4.54. The first-order chi connectivity index (χ1) is 16.5. The summed E-state index contributed by atoms with van der Waals surface area (Å²) in [5, 5.41) is 20.6. The molecule has 8 nitrogen and oxygen atoms in total. The second-order valence-electron chi connectivity index (χ2n) is 7.26. The van der Waals surface area contributed by atoms with Gasteiger partial charge < -0.3 is 24.4 Å². The predicted octanol–water partition coefficient (Wildman–Crippen LogP) is 2.65. The lowest BCUT2D eigenvalue weighted by Crippen LogP contribution is -2.47. The summed E-state index contributed by atoms with van der Waals surface area (Å²) < 4.78 is 15.9. The van der Waals surface area contributed by atoms with Crippen LogP contribution in [-0.2, 0) is 14.2 Å². The van der Waals surface area contributed by atoms with E-state index in [1.165, 1.54) is 24.3 Å². The van der Waals surface area contributed by atoms with Gasteiger partial charge in [0.1, 0.15) is 12.7 Å². The van der Waals surface area contributed by atoms with Crippen LogP contribution in [0.1, 0.15) is 31.1 Å². The molecule has 0 radical (unpaired) electrons. The molecule has 3 aromatic carbocycles. The minimum Gasteiger partial charge on any atom is -0.459 e. The fourth-order valence-corrected chi connectivity index (χ4v) is 3.07. The minimum atomic E-state index is -1.60. The van der Waals surface area contributed by atoms with E-state index in [0.29, 0.717) is 0 Å². The molecule has 0 aliphatic rings. The molecule has 0 aromatic heterocycles. The first-order valence-corrected chi connectivity index (χ1v) is 10.5. The number of esters is 3. The highest BCUT2D eigenvalue weighted by Crippen LogP contribution is 2.16. The average Bonchev–Trinajstić information content (AvgIpc) is 2.90. The highest BCUT2D eigenvalue weighted by molar-refractivity contribution is 5.90. The largest absolute Gasteiger partial charge is 0.459 e. The molecule has 176 valence electrons. The molecule has 0 saturated carbocycles.